The van der Waals surface area contributed by atoms with Gasteiger partial charge in [0.15, 0.2) is 5.82 Å². The number of nitrogens with zero attached hydrogens (tertiary/aromatic N) is 4. The first-order valence-electron chi connectivity index (χ1n) is 8.49. The zero-order valence-corrected chi connectivity index (χ0v) is 15.6. The molecule has 1 atom stereocenters. The minimum Gasteiger partial charge on any atom is -0.470 e. The number of likely N-dealkylation sites (tertiary alicyclic amines) is 1. The third-order valence-corrected chi connectivity index (χ3v) is 4.36. The fourth-order valence-corrected chi connectivity index (χ4v) is 2.95. The maximum absolute atomic E-state index is 12.5. The Morgan fingerprint density at radius 2 is 2.00 bits per heavy atom. The molecule has 2 heterocycles. The largest absolute Gasteiger partial charge is 0.470 e. The van der Waals surface area contributed by atoms with Crippen LogP contribution in [0.2, 0.25) is 5.02 Å². The first kappa shape index (κ1) is 18.3. The molecular weight excluding hydrogens is 354 g/mol. The molecule has 1 unspecified atom stereocenters. The number of ether oxygens (including phenoxy) is 1. The van der Waals surface area contributed by atoms with Crippen LogP contribution in [0, 0.1) is 0 Å². The van der Waals surface area contributed by atoms with Crippen LogP contribution in [0.1, 0.15) is 12.8 Å². The number of hydrogen-bond donors (Lipinski definition) is 1. The van der Waals surface area contributed by atoms with Gasteiger partial charge in [-0.15, -0.1) is 0 Å². The molecule has 1 aliphatic rings. The van der Waals surface area contributed by atoms with Gasteiger partial charge >= 0.3 is 6.03 Å². The molecule has 1 N–H and O–H groups in total. The van der Waals surface area contributed by atoms with Crippen LogP contribution in [0.5, 0.6) is 5.88 Å². The van der Waals surface area contributed by atoms with Gasteiger partial charge < -0.3 is 19.9 Å². The molecule has 0 radical (unpaired) electrons. The van der Waals surface area contributed by atoms with Gasteiger partial charge in [0.25, 0.3) is 5.88 Å². The lowest BCUT2D eigenvalue weighted by Gasteiger charge is -2.33. The molecule has 1 saturated heterocycles. The highest BCUT2D eigenvalue weighted by Crippen LogP contribution is 2.24. The molecule has 8 heteroatoms. The Kier molecular flexibility index (Phi) is 5.78. The molecule has 0 saturated carbocycles. The third kappa shape index (κ3) is 4.54. The van der Waals surface area contributed by atoms with Crippen LogP contribution in [0.4, 0.5) is 16.3 Å². The molecule has 7 nitrogen and oxygen atoms in total. The number of hydrogen-bond acceptors (Lipinski definition) is 5. The fourth-order valence-electron chi connectivity index (χ4n) is 2.82. The lowest BCUT2D eigenvalue weighted by atomic mass is 10.1. The van der Waals surface area contributed by atoms with E-state index in [-0.39, 0.29) is 12.1 Å². The Morgan fingerprint density at radius 3 is 2.73 bits per heavy atom. The molecule has 1 aromatic carbocycles. The van der Waals surface area contributed by atoms with Gasteiger partial charge in [0.1, 0.15) is 6.10 Å². The van der Waals surface area contributed by atoms with E-state index in [0.717, 1.165) is 12.8 Å². The molecule has 0 spiro atoms. The van der Waals surface area contributed by atoms with Crippen molar-refractivity contribution in [1.82, 2.24) is 14.9 Å². The number of urea groups is 1. The number of halogens is 1. The topological polar surface area (TPSA) is 70.6 Å². The minimum absolute atomic E-state index is 0.116. The van der Waals surface area contributed by atoms with E-state index in [1.165, 1.54) is 0 Å². The second kappa shape index (κ2) is 8.23. The summed E-state index contributed by atoms with van der Waals surface area (Å²) < 4.78 is 6.04. The van der Waals surface area contributed by atoms with Crippen molar-refractivity contribution in [1.29, 1.82) is 0 Å². The van der Waals surface area contributed by atoms with Gasteiger partial charge in [-0.1, -0.05) is 11.6 Å². The highest BCUT2D eigenvalue weighted by molar-refractivity contribution is 6.30. The Hall–Kier alpha value is -2.54. The van der Waals surface area contributed by atoms with Crippen LogP contribution in [0.25, 0.3) is 0 Å². The van der Waals surface area contributed by atoms with E-state index in [4.69, 9.17) is 16.3 Å². The maximum atomic E-state index is 12.5. The van der Waals surface area contributed by atoms with Gasteiger partial charge in [-0.2, -0.15) is 0 Å². The third-order valence-electron chi connectivity index (χ3n) is 4.11. The summed E-state index contributed by atoms with van der Waals surface area (Å²) in [6.07, 6.45) is 4.87. The predicted molar refractivity (Wildman–Crippen MR) is 102 cm³/mol. The minimum atomic E-state index is -0.146. The van der Waals surface area contributed by atoms with E-state index in [2.05, 4.69) is 15.3 Å². The molecule has 138 valence electrons. The smallest absolute Gasteiger partial charge is 0.321 e. The second-order valence-corrected chi connectivity index (χ2v) is 6.78. The fraction of sp³-hybridized carbons (Fsp3) is 0.389. The Labute approximate surface area is 157 Å². The monoisotopic (exact) mass is 375 g/mol. The number of carbonyl (C=O) groups is 1. The first-order valence-corrected chi connectivity index (χ1v) is 8.87. The first-order chi connectivity index (χ1) is 12.5. The number of piperidine rings is 1. The van der Waals surface area contributed by atoms with Crippen molar-refractivity contribution in [3.8, 4) is 5.88 Å². The van der Waals surface area contributed by atoms with Crippen molar-refractivity contribution < 1.29 is 9.53 Å². The number of rotatable bonds is 4. The molecule has 1 aliphatic heterocycles. The lowest BCUT2D eigenvalue weighted by Crippen LogP contribution is -2.46. The molecule has 0 aliphatic carbocycles. The summed E-state index contributed by atoms with van der Waals surface area (Å²) in [6.45, 7) is 1.20. The molecule has 2 aromatic rings. The van der Waals surface area contributed by atoms with Gasteiger partial charge in [0.2, 0.25) is 0 Å². The number of benzene rings is 1. The molecule has 1 aromatic heterocycles. The summed E-state index contributed by atoms with van der Waals surface area (Å²) in [6, 6.07) is 6.90. The van der Waals surface area contributed by atoms with Crippen LogP contribution in [0.15, 0.2) is 36.7 Å². The number of carbonyl (C=O) groups excluding carboxylic acids is 1. The van der Waals surface area contributed by atoms with Crippen LogP contribution in [-0.2, 0) is 0 Å². The molecule has 3 rings (SSSR count). The summed E-state index contributed by atoms with van der Waals surface area (Å²) in [7, 11) is 3.78. The van der Waals surface area contributed by atoms with Crippen molar-refractivity contribution in [2.75, 3.05) is 37.4 Å². The normalized spacial score (nSPS) is 16.9. The van der Waals surface area contributed by atoms with E-state index in [0.29, 0.717) is 35.5 Å². The Balaban J connectivity index is 1.62. The van der Waals surface area contributed by atoms with Crippen molar-refractivity contribution in [3.05, 3.63) is 41.7 Å². The molecule has 0 bridgehead atoms. The SMILES string of the molecule is CN(C)c1nccnc1OC1CCCN(C(=O)Nc2ccc(Cl)cc2)C1. The summed E-state index contributed by atoms with van der Waals surface area (Å²) in [4.78, 5) is 24.7. The van der Waals surface area contributed by atoms with Crippen molar-refractivity contribution in [3.63, 3.8) is 0 Å². The summed E-state index contributed by atoms with van der Waals surface area (Å²) in [5.41, 5.74) is 0.714. The zero-order valence-electron chi connectivity index (χ0n) is 14.9. The zero-order chi connectivity index (χ0) is 18.5. The lowest BCUT2D eigenvalue weighted by molar-refractivity contribution is 0.103. The molecule has 2 amide bonds. The summed E-state index contributed by atoms with van der Waals surface area (Å²) in [5.74, 6) is 1.16. The summed E-state index contributed by atoms with van der Waals surface area (Å²) in [5, 5.41) is 3.52. The summed E-state index contributed by atoms with van der Waals surface area (Å²) >= 11 is 5.87. The average molecular weight is 376 g/mol. The Morgan fingerprint density at radius 1 is 1.27 bits per heavy atom. The van der Waals surface area contributed by atoms with Gasteiger partial charge in [0.05, 0.1) is 6.54 Å². The second-order valence-electron chi connectivity index (χ2n) is 6.34. The van der Waals surface area contributed by atoms with E-state index in [9.17, 15) is 4.79 Å². The van der Waals surface area contributed by atoms with Gasteiger partial charge in [-0.05, 0) is 37.1 Å². The van der Waals surface area contributed by atoms with E-state index in [1.54, 1.807) is 41.6 Å². The number of aromatic nitrogens is 2. The van der Waals surface area contributed by atoms with Crippen LogP contribution < -0.4 is 15.0 Å². The van der Waals surface area contributed by atoms with E-state index < -0.39 is 0 Å². The molecule has 26 heavy (non-hydrogen) atoms. The van der Waals surface area contributed by atoms with Crippen molar-refractivity contribution >= 4 is 29.1 Å². The average Bonchev–Trinajstić information content (AvgIpc) is 2.64. The maximum Gasteiger partial charge on any atom is 0.321 e. The number of nitrogens with one attached hydrogen (secondary N) is 1. The van der Waals surface area contributed by atoms with Crippen LogP contribution in [-0.4, -0.2) is 54.2 Å². The predicted octanol–water partition coefficient (Wildman–Crippen LogP) is 3.27. The van der Waals surface area contributed by atoms with Crippen molar-refractivity contribution in [2.24, 2.45) is 0 Å². The highest BCUT2D eigenvalue weighted by atomic mass is 35.5. The van der Waals surface area contributed by atoms with Gasteiger partial charge in [-0.25, -0.2) is 14.8 Å². The van der Waals surface area contributed by atoms with Crippen LogP contribution in [0.3, 0.4) is 0 Å². The number of anilines is 2. The Bertz CT molecular complexity index is 754. The quantitative estimate of drug-likeness (QED) is 0.888. The van der Waals surface area contributed by atoms with Crippen LogP contribution >= 0.6 is 11.6 Å². The highest BCUT2D eigenvalue weighted by Gasteiger charge is 2.26. The van der Waals surface area contributed by atoms with Gasteiger partial charge in [-0.3, -0.25) is 0 Å². The van der Waals surface area contributed by atoms with Gasteiger partial charge in [0, 0.05) is 43.7 Å². The van der Waals surface area contributed by atoms with Crippen molar-refractivity contribution in [2.45, 2.75) is 18.9 Å². The molecule has 1 fully saturated rings. The molecular formula is C18H22ClN5O2. The van der Waals surface area contributed by atoms with E-state index >= 15 is 0 Å². The standard InChI is InChI=1S/C18H22ClN5O2/c1-23(2)16-17(21-10-9-20-16)26-15-4-3-11-24(12-15)18(25)22-14-7-5-13(19)6-8-14/h5-10,15H,3-4,11-12H2,1-2H3,(H,22,25). The number of amides is 2. The van der Waals surface area contributed by atoms with E-state index in [1.807, 2.05) is 19.0 Å².